The maximum atomic E-state index is 6.50. The molecule has 4 heteroatoms. The van der Waals surface area contributed by atoms with Gasteiger partial charge in [0.25, 0.3) is 0 Å². The summed E-state index contributed by atoms with van der Waals surface area (Å²) in [5.74, 6) is 0. The van der Waals surface area contributed by atoms with E-state index in [0.29, 0.717) is 0 Å². The smallest absolute Gasteiger partial charge is 0.170 e. The molecule has 0 bridgehead atoms. The average Bonchev–Trinajstić information content (AvgIpc) is 3.17. The minimum atomic E-state index is -0.445. The molecule has 2 heterocycles. The highest BCUT2D eigenvalue weighted by atomic mass is 16.5. The summed E-state index contributed by atoms with van der Waals surface area (Å²) in [7, 11) is 10.8. The van der Waals surface area contributed by atoms with Gasteiger partial charge in [0, 0.05) is 49.6 Å². The van der Waals surface area contributed by atoms with Gasteiger partial charge < -0.3 is 14.5 Å². The number of rotatable bonds is 4. The fourth-order valence-electron chi connectivity index (χ4n) is 4.66. The van der Waals surface area contributed by atoms with Crippen molar-refractivity contribution in [2.24, 2.45) is 0 Å². The average molecular weight is 393 g/mol. The number of ether oxygens (including phenoxy) is 1. The van der Waals surface area contributed by atoms with E-state index in [1.807, 2.05) is 0 Å². The fourth-order valence-corrected chi connectivity index (χ4v) is 4.66. The summed E-state index contributed by atoms with van der Waals surface area (Å²) in [6.45, 7) is 6.31. The Hall–Kier alpha value is -2.30. The van der Waals surface area contributed by atoms with Crippen molar-refractivity contribution in [2.75, 3.05) is 58.2 Å². The van der Waals surface area contributed by atoms with Crippen LogP contribution in [-0.4, -0.2) is 54.1 Å². The molecular weight excluding hydrogens is 358 g/mol. The van der Waals surface area contributed by atoms with Crippen LogP contribution in [0.3, 0.4) is 0 Å². The van der Waals surface area contributed by atoms with Crippen molar-refractivity contribution in [3.05, 3.63) is 59.7 Å². The van der Waals surface area contributed by atoms with Gasteiger partial charge in [0.2, 0.25) is 0 Å². The monoisotopic (exact) mass is 392 g/mol. The number of fused-ring (bicyclic) bond motifs is 3. The molecular formula is C25H34N3O+. The van der Waals surface area contributed by atoms with E-state index in [1.54, 1.807) is 0 Å². The first-order chi connectivity index (χ1) is 13.6. The number of anilines is 2. The van der Waals surface area contributed by atoms with E-state index in [0.717, 1.165) is 17.6 Å². The van der Waals surface area contributed by atoms with E-state index >= 15 is 0 Å². The van der Waals surface area contributed by atoms with E-state index in [1.165, 1.54) is 28.2 Å². The van der Waals surface area contributed by atoms with Gasteiger partial charge in [-0.05, 0) is 35.4 Å². The fraction of sp³-hybridized carbons (Fsp3) is 0.440. The second-order valence-corrected chi connectivity index (χ2v) is 9.85. The topological polar surface area (TPSA) is 15.7 Å². The van der Waals surface area contributed by atoms with Gasteiger partial charge in [-0.3, -0.25) is 4.48 Å². The van der Waals surface area contributed by atoms with Crippen molar-refractivity contribution >= 4 is 23.1 Å². The van der Waals surface area contributed by atoms with Crippen LogP contribution in [0.2, 0.25) is 0 Å². The van der Waals surface area contributed by atoms with Crippen molar-refractivity contribution in [3.8, 4) is 0 Å². The molecule has 0 saturated carbocycles. The summed E-state index contributed by atoms with van der Waals surface area (Å²) in [6.07, 6.45) is 4.49. The first-order valence-electron chi connectivity index (χ1n) is 10.4. The Morgan fingerprint density at radius 2 is 1.72 bits per heavy atom. The van der Waals surface area contributed by atoms with Crippen molar-refractivity contribution in [3.63, 3.8) is 0 Å². The summed E-state index contributed by atoms with van der Waals surface area (Å²) in [5.41, 5.74) is 5.80. The van der Waals surface area contributed by atoms with E-state index in [9.17, 15) is 0 Å². The van der Waals surface area contributed by atoms with Gasteiger partial charge in [0.1, 0.15) is 5.69 Å². The molecule has 1 fully saturated rings. The van der Waals surface area contributed by atoms with Crippen LogP contribution < -0.4 is 14.3 Å². The van der Waals surface area contributed by atoms with Crippen molar-refractivity contribution < 1.29 is 4.74 Å². The van der Waals surface area contributed by atoms with Crippen LogP contribution in [0.15, 0.2) is 48.5 Å². The van der Waals surface area contributed by atoms with Gasteiger partial charge in [0.05, 0.1) is 27.7 Å². The lowest BCUT2D eigenvalue weighted by Crippen LogP contribution is -2.51. The van der Waals surface area contributed by atoms with E-state index < -0.39 is 5.72 Å². The molecule has 0 spiro atoms. The molecule has 0 amide bonds. The van der Waals surface area contributed by atoms with Crippen molar-refractivity contribution in [2.45, 2.75) is 25.0 Å². The minimum absolute atomic E-state index is 0.149. The third-order valence-electron chi connectivity index (χ3n) is 6.56. The molecule has 1 atom stereocenters. The molecule has 4 rings (SSSR count). The molecule has 29 heavy (non-hydrogen) atoms. The quantitative estimate of drug-likeness (QED) is 0.713. The van der Waals surface area contributed by atoms with Crippen LogP contribution in [-0.2, 0) is 10.2 Å². The Kier molecular flexibility index (Phi) is 4.56. The predicted octanol–water partition coefficient (Wildman–Crippen LogP) is 4.49. The standard InChI is InChI=1S/C25H34N3O/c1-24(2)22-18-21(28(5,6)7)12-13-23(22)27-16-17-29-25(24,27)15-14-19-8-10-20(11-9-19)26(3)4/h8-15,18H,16-17H2,1-7H3/q+1. The second-order valence-electron chi connectivity index (χ2n) is 9.85. The van der Waals surface area contributed by atoms with Crippen LogP contribution in [0.25, 0.3) is 6.08 Å². The summed E-state index contributed by atoms with van der Waals surface area (Å²) in [4.78, 5) is 4.57. The number of benzene rings is 2. The Balaban J connectivity index is 1.74. The predicted molar refractivity (Wildman–Crippen MR) is 125 cm³/mol. The third kappa shape index (κ3) is 3.06. The highest BCUT2D eigenvalue weighted by molar-refractivity contribution is 5.73. The molecule has 1 saturated heterocycles. The molecule has 0 aromatic heterocycles. The molecule has 0 radical (unpaired) electrons. The first kappa shape index (κ1) is 20.0. The second kappa shape index (κ2) is 6.61. The molecule has 0 N–H and O–H groups in total. The summed E-state index contributed by atoms with van der Waals surface area (Å²) < 4.78 is 7.31. The molecule has 2 aromatic carbocycles. The van der Waals surface area contributed by atoms with Crippen molar-refractivity contribution in [1.29, 1.82) is 0 Å². The van der Waals surface area contributed by atoms with Crippen LogP contribution in [0.5, 0.6) is 0 Å². The van der Waals surface area contributed by atoms with Gasteiger partial charge in [-0.1, -0.05) is 32.1 Å². The lowest BCUT2D eigenvalue weighted by Gasteiger charge is -2.39. The zero-order chi connectivity index (χ0) is 21.0. The third-order valence-corrected chi connectivity index (χ3v) is 6.56. The molecule has 2 aliphatic heterocycles. The highest BCUT2D eigenvalue weighted by Gasteiger charge is 2.59. The van der Waals surface area contributed by atoms with Crippen LogP contribution in [0.1, 0.15) is 25.0 Å². The zero-order valence-electron chi connectivity index (χ0n) is 18.9. The molecule has 1 unspecified atom stereocenters. The number of hydrogen-bond donors (Lipinski definition) is 0. The molecule has 154 valence electrons. The number of quaternary nitrogens is 1. The molecule has 2 aromatic rings. The van der Waals surface area contributed by atoms with E-state index in [2.05, 4.69) is 114 Å². The SMILES string of the molecule is CN(C)c1ccc(C=CC23OCCN2c2ccc([N+](C)(C)C)cc2C3(C)C)cc1. The number of hydrogen-bond acceptors (Lipinski definition) is 3. The molecule has 2 aliphatic rings. The minimum Gasteiger partial charge on any atom is -0.378 e. The Labute approximate surface area is 175 Å². The Bertz CT molecular complexity index is 938. The lowest BCUT2D eigenvalue weighted by atomic mass is 9.77. The maximum absolute atomic E-state index is 6.50. The van der Waals surface area contributed by atoms with Gasteiger partial charge >= 0.3 is 0 Å². The zero-order valence-corrected chi connectivity index (χ0v) is 18.9. The van der Waals surface area contributed by atoms with Gasteiger partial charge in [-0.2, -0.15) is 0 Å². The van der Waals surface area contributed by atoms with Gasteiger partial charge in [0.15, 0.2) is 5.72 Å². The van der Waals surface area contributed by atoms with Crippen LogP contribution >= 0.6 is 0 Å². The van der Waals surface area contributed by atoms with Crippen LogP contribution in [0.4, 0.5) is 17.1 Å². The molecule has 4 nitrogen and oxygen atoms in total. The first-order valence-corrected chi connectivity index (χ1v) is 10.4. The summed E-state index contributed by atoms with van der Waals surface area (Å²) in [5, 5.41) is 0. The summed E-state index contributed by atoms with van der Waals surface area (Å²) >= 11 is 0. The number of nitrogens with zero attached hydrogens (tertiary/aromatic N) is 3. The van der Waals surface area contributed by atoms with Crippen molar-refractivity contribution in [1.82, 2.24) is 4.48 Å². The van der Waals surface area contributed by atoms with E-state index in [-0.39, 0.29) is 5.41 Å². The van der Waals surface area contributed by atoms with Gasteiger partial charge in [-0.15, -0.1) is 0 Å². The van der Waals surface area contributed by atoms with Crippen LogP contribution in [0, 0.1) is 0 Å². The van der Waals surface area contributed by atoms with Gasteiger partial charge in [-0.25, -0.2) is 0 Å². The summed E-state index contributed by atoms with van der Waals surface area (Å²) in [6, 6.07) is 15.6. The molecule has 0 aliphatic carbocycles. The lowest BCUT2D eigenvalue weighted by molar-refractivity contribution is 0.000328. The largest absolute Gasteiger partial charge is 0.378 e. The Morgan fingerprint density at radius 3 is 2.34 bits per heavy atom. The Morgan fingerprint density at radius 1 is 1.03 bits per heavy atom. The normalized spacial score (nSPS) is 22.8. The maximum Gasteiger partial charge on any atom is 0.170 e. The highest BCUT2D eigenvalue weighted by Crippen LogP contribution is 2.55. The van der Waals surface area contributed by atoms with E-state index in [4.69, 9.17) is 4.74 Å².